The summed E-state index contributed by atoms with van der Waals surface area (Å²) in [5, 5.41) is 0. The van der Waals surface area contributed by atoms with Crippen LogP contribution in [0.4, 0.5) is 0 Å². The van der Waals surface area contributed by atoms with Crippen LogP contribution < -0.4 is 15.2 Å². The van der Waals surface area contributed by atoms with Gasteiger partial charge in [0.1, 0.15) is 18.1 Å². The summed E-state index contributed by atoms with van der Waals surface area (Å²) in [6, 6.07) is 6.24. The zero-order valence-corrected chi connectivity index (χ0v) is 13.9. The highest BCUT2D eigenvalue weighted by molar-refractivity contribution is 5.41. The van der Waals surface area contributed by atoms with Crippen LogP contribution >= 0.6 is 0 Å². The van der Waals surface area contributed by atoms with Crippen molar-refractivity contribution in [2.45, 2.75) is 39.2 Å². The fourth-order valence-electron chi connectivity index (χ4n) is 1.91. The number of benzene rings is 1. The summed E-state index contributed by atoms with van der Waals surface area (Å²) in [6.07, 6.45) is 2.80. The summed E-state index contributed by atoms with van der Waals surface area (Å²) in [5.41, 5.74) is 7.23. The van der Waals surface area contributed by atoms with Gasteiger partial charge >= 0.3 is 0 Å². The van der Waals surface area contributed by atoms with Crippen molar-refractivity contribution in [3.05, 3.63) is 23.8 Å². The van der Waals surface area contributed by atoms with Crippen molar-refractivity contribution in [3.8, 4) is 11.5 Å². The molecule has 0 aliphatic rings. The molecule has 0 bridgehead atoms. The van der Waals surface area contributed by atoms with Crippen molar-refractivity contribution in [1.29, 1.82) is 0 Å². The van der Waals surface area contributed by atoms with Gasteiger partial charge in [0.15, 0.2) is 0 Å². The second-order valence-corrected chi connectivity index (χ2v) is 5.64. The lowest BCUT2D eigenvalue weighted by Crippen LogP contribution is -2.23. The van der Waals surface area contributed by atoms with E-state index >= 15 is 0 Å². The lowest BCUT2D eigenvalue weighted by molar-refractivity contribution is 0.256. The van der Waals surface area contributed by atoms with Crippen LogP contribution in [0.2, 0.25) is 0 Å². The third-order valence-corrected chi connectivity index (χ3v) is 3.31. The van der Waals surface area contributed by atoms with E-state index in [9.17, 15) is 0 Å². The molecular weight excluding hydrogens is 264 g/mol. The molecule has 4 nitrogen and oxygen atoms in total. The maximum atomic E-state index is 6.07. The van der Waals surface area contributed by atoms with Crippen LogP contribution in [0.15, 0.2) is 18.2 Å². The quantitative estimate of drug-likeness (QED) is 0.721. The van der Waals surface area contributed by atoms with Crippen molar-refractivity contribution >= 4 is 0 Å². The lowest BCUT2D eigenvalue weighted by atomic mass is 10.0. The van der Waals surface area contributed by atoms with E-state index in [4.69, 9.17) is 15.2 Å². The minimum Gasteiger partial charge on any atom is -0.493 e. The highest BCUT2D eigenvalue weighted by Gasteiger charge is 2.10. The second kappa shape index (κ2) is 9.64. The molecule has 0 aliphatic heterocycles. The van der Waals surface area contributed by atoms with Crippen LogP contribution in [0.1, 0.15) is 32.3 Å². The van der Waals surface area contributed by atoms with E-state index in [1.165, 1.54) is 0 Å². The van der Waals surface area contributed by atoms with E-state index in [-0.39, 0.29) is 6.04 Å². The van der Waals surface area contributed by atoms with Gasteiger partial charge in [-0.05, 0) is 45.0 Å². The van der Waals surface area contributed by atoms with Gasteiger partial charge in [0.2, 0.25) is 0 Å². The smallest absolute Gasteiger partial charge is 0.126 e. The van der Waals surface area contributed by atoms with Crippen LogP contribution in [0.25, 0.3) is 0 Å². The van der Waals surface area contributed by atoms with Crippen molar-refractivity contribution in [2.24, 2.45) is 5.73 Å². The lowest BCUT2D eigenvalue weighted by Gasteiger charge is -2.17. The molecule has 0 saturated carbocycles. The summed E-state index contributed by atoms with van der Waals surface area (Å²) in [7, 11) is 4.08. The molecule has 0 spiro atoms. The van der Waals surface area contributed by atoms with Gasteiger partial charge in [-0.15, -0.1) is 0 Å². The van der Waals surface area contributed by atoms with Gasteiger partial charge in [-0.1, -0.05) is 19.9 Å². The normalized spacial score (nSPS) is 12.5. The number of nitrogens with zero attached hydrogens (tertiary/aromatic N) is 1. The minimum atomic E-state index is 0.170. The first-order valence-corrected chi connectivity index (χ1v) is 7.85. The molecule has 1 rings (SSSR count). The van der Waals surface area contributed by atoms with Crippen molar-refractivity contribution in [1.82, 2.24) is 4.90 Å². The summed E-state index contributed by atoms with van der Waals surface area (Å²) in [6.45, 7) is 6.49. The predicted molar refractivity (Wildman–Crippen MR) is 88.2 cm³/mol. The molecule has 0 aliphatic carbocycles. The van der Waals surface area contributed by atoms with Gasteiger partial charge < -0.3 is 20.1 Å². The Morgan fingerprint density at radius 3 is 2.52 bits per heavy atom. The van der Waals surface area contributed by atoms with Crippen LogP contribution in [-0.4, -0.2) is 44.8 Å². The third kappa shape index (κ3) is 6.82. The summed E-state index contributed by atoms with van der Waals surface area (Å²) in [5.74, 6) is 1.76. The van der Waals surface area contributed by atoms with Crippen LogP contribution in [0.3, 0.4) is 0 Å². The third-order valence-electron chi connectivity index (χ3n) is 3.31. The van der Waals surface area contributed by atoms with Crippen molar-refractivity contribution in [2.75, 3.05) is 33.9 Å². The topological polar surface area (TPSA) is 47.7 Å². The number of ether oxygens (including phenoxy) is 2. The Morgan fingerprint density at radius 1 is 1.14 bits per heavy atom. The van der Waals surface area contributed by atoms with Crippen molar-refractivity contribution < 1.29 is 9.47 Å². The summed E-state index contributed by atoms with van der Waals surface area (Å²) < 4.78 is 11.6. The predicted octanol–water partition coefficient (Wildman–Crippen LogP) is 2.70. The monoisotopic (exact) mass is 294 g/mol. The Bertz CT molecular complexity index is 408. The summed E-state index contributed by atoms with van der Waals surface area (Å²) >= 11 is 0. The Hall–Kier alpha value is -1.26. The Morgan fingerprint density at radius 2 is 1.90 bits per heavy atom. The second-order valence-electron chi connectivity index (χ2n) is 5.64. The van der Waals surface area contributed by atoms with Crippen LogP contribution in [0, 0.1) is 0 Å². The van der Waals surface area contributed by atoms with E-state index in [1.807, 2.05) is 26.2 Å². The van der Waals surface area contributed by atoms with Gasteiger partial charge in [-0.25, -0.2) is 0 Å². The number of likely N-dealkylation sites (N-methyl/N-ethyl adjacent to an activating group) is 1. The highest BCUT2D eigenvalue weighted by atomic mass is 16.5. The minimum absolute atomic E-state index is 0.170. The first kappa shape index (κ1) is 17.8. The standard InChI is InChI=1S/C17H30N2O2/c1-5-10-20-16-8-7-14(12-15(18)6-2)17(13-16)21-11-9-19(3)4/h7-8,13,15H,5-6,9-12,18H2,1-4H3. The van der Waals surface area contributed by atoms with Crippen molar-refractivity contribution in [3.63, 3.8) is 0 Å². The summed E-state index contributed by atoms with van der Waals surface area (Å²) in [4.78, 5) is 2.11. The van der Waals surface area contributed by atoms with E-state index in [0.717, 1.165) is 49.5 Å². The molecule has 0 fully saturated rings. The Kier molecular flexibility index (Phi) is 8.16. The molecule has 0 saturated heterocycles. The molecule has 1 unspecified atom stereocenters. The zero-order chi connectivity index (χ0) is 15.7. The Balaban J connectivity index is 2.78. The van der Waals surface area contributed by atoms with E-state index in [0.29, 0.717) is 6.61 Å². The van der Waals surface area contributed by atoms with E-state index < -0.39 is 0 Å². The molecular formula is C17H30N2O2. The van der Waals surface area contributed by atoms with E-state index in [1.54, 1.807) is 0 Å². The number of rotatable bonds is 10. The molecule has 0 aromatic heterocycles. The highest BCUT2D eigenvalue weighted by Crippen LogP contribution is 2.26. The molecule has 120 valence electrons. The fourth-order valence-corrected chi connectivity index (χ4v) is 1.91. The molecule has 0 heterocycles. The molecule has 4 heteroatoms. The van der Waals surface area contributed by atoms with E-state index in [2.05, 4.69) is 24.8 Å². The largest absolute Gasteiger partial charge is 0.493 e. The average molecular weight is 294 g/mol. The van der Waals surface area contributed by atoms with Crippen LogP contribution in [-0.2, 0) is 6.42 Å². The van der Waals surface area contributed by atoms with Crippen LogP contribution in [0.5, 0.6) is 11.5 Å². The molecule has 0 amide bonds. The van der Waals surface area contributed by atoms with Gasteiger partial charge in [0.05, 0.1) is 6.61 Å². The first-order chi connectivity index (χ1) is 10.1. The number of hydrogen-bond acceptors (Lipinski definition) is 4. The first-order valence-electron chi connectivity index (χ1n) is 7.85. The number of nitrogens with two attached hydrogens (primary N) is 1. The maximum absolute atomic E-state index is 6.07. The SMILES string of the molecule is CCCOc1ccc(CC(N)CC)c(OCCN(C)C)c1. The Labute approximate surface area is 129 Å². The zero-order valence-electron chi connectivity index (χ0n) is 13.9. The number of hydrogen-bond donors (Lipinski definition) is 1. The van der Waals surface area contributed by atoms with Gasteiger partial charge in [-0.2, -0.15) is 0 Å². The molecule has 1 aromatic carbocycles. The molecule has 0 radical (unpaired) electrons. The molecule has 2 N–H and O–H groups in total. The molecule has 21 heavy (non-hydrogen) atoms. The van der Waals surface area contributed by atoms with Gasteiger partial charge in [-0.3, -0.25) is 0 Å². The molecule has 1 atom stereocenters. The van der Waals surface area contributed by atoms with Gasteiger partial charge in [0, 0.05) is 18.7 Å². The maximum Gasteiger partial charge on any atom is 0.126 e. The fraction of sp³-hybridized carbons (Fsp3) is 0.647. The average Bonchev–Trinajstić information content (AvgIpc) is 2.46. The van der Waals surface area contributed by atoms with Gasteiger partial charge in [0.25, 0.3) is 0 Å². The molecule has 1 aromatic rings.